The van der Waals surface area contributed by atoms with E-state index in [1.165, 1.54) is 37.7 Å². The molecule has 0 N–H and O–H groups in total. The molecule has 1 fully saturated rings. The van der Waals surface area contributed by atoms with E-state index < -0.39 is 5.79 Å². The Kier molecular flexibility index (Phi) is 4.85. The number of rotatable bonds is 5. The fourth-order valence-corrected chi connectivity index (χ4v) is 3.40. The van der Waals surface area contributed by atoms with Crippen molar-refractivity contribution in [2.24, 2.45) is 11.8 Å². The first-order valence-corrected chi connectivity index (χ1v) is 7.56. The van der Waals surface area contributed by atoms with Crippen molar-refractivity contribution in [2.75, 3.05) is 13.7 Å². The number of methoxy groups -OCH3 is 1. The SMILES string of the molecule is CCC1CCC(COC2(OC)CCC=C2C)CC1. The van der Waals surface area contributed by atoms with Crippen LogP contribution in [0.25, 0.3) is 0 Å². The molecule has 1 unspecified atom stereocenters. The third-order valence-corrected chi connectivity index (χ3v) is 4.95. The summed E-state index contributed by atoms with van der Waals surface area (Å²) in [6.45, 7) is 5.31. The Morgan fingerprint density at radius 1 is 1.22 bits per heavy atom. The van der Waals surface area contributed by atoms with E-state index in [4.69, 9.17) is 9.47 Å². The topological polar surface area (TPSA) is 18.5 Å². The molecule has 0 radical (unpaired) electrons. The molecule has 1 saturated carbocycles. The highest BCUT2D eigenvalue weighted by Crippen LogP contribution is 2.37. The molecule has 2 aliphatic rings. The molecule has 0 saturated heterocycles. The van der Waals surface area contributed by atoms with Crippen LogP contribution in [0, 0.1) is 11.8 Å². The molecule has 0 aliphatic heterocycles. The van der Waals surface area contributed by atoms with Crippen LogP contribution in [0.1, 0.15) is 58.8 Å². The molecule has 0 amide bonds. The van der Waals surface area contributed by atoms with Gasteiger partial charge in [-0.05, 0) is 43.6 Å². The minimum Gasteiger partial charge on any atom is -0.349 e. The van der Waals surface area contributed by atoms with E-state index in [1.54, 1.807) is 7.11 Å². The highest BCUT2D eigenvalue weighted by Gasteiger charge is 2.36. The van der Waals surface area contributed by atoms with Gasteiger partial charge in [-0.25, -0.2) is 0 Å². The minimum absolute atomic E-state index is 0.401. The quantitative estimate of drug-likeness (QED) is 0.536. The van der Waals surface area contributed by atoms with Crippen molar-refractivity contribution >= 4 is 0 Å². The molecule has 0 spiro atoms. The summed E-state index contributed by atoms with van der Waals surface area (Å²) in [6.07, 6.45) is 11.1. The molecular weight excluding hydrogens is 224 g/mol. The molecule has 2 aliphatic carbocycles. The zero-order valence-corrected chi connectivity index (χ0v) is 12.2. The molecule has 0 bridgehead atoms. The summed E-state index contributed by atoms with van der Waals surface area (Å²) < 4.78 is 11.8. The Morgan fingerprint density at radius 3 is 2.39 bits per heavy atom. The first-order chi connectivity index (χ1) is 8.70. The summed E-state index contributed by atoms with van der Waals surface area (Å²) in [7, 11) is 1.77. The number of hydrogen-bond donors (Lipinski definition) is 0. The van der Waals surface area contributed by atoms with Gasteiger partial charge < -0.3 is 9.47 Å². The lowest BCUT2D eigenvalue weighted by Gasteiger charge is -2.34. The van der Waals surface area contributed by atoms with Gasteiger partial charge in [0, 0.05) is 13.5 Å². The molecule has 0 aromatic heterocycles. The van der Waals surface area contributed by atoms with E-state index in [-0.39, 0.29) is 0 Å². The predicted octanol–water partition coefficient (Wildman–Crippen LogP) is 4.30. The second-order valence-corrected chi connectivity index (χ2v) is 5.99. The van der Waals surface area contributed by atoms with Gasteiger partial charge in [-0.2, -0.15) is 0 Å². The number of hydrogen-bond acceptors (Lipinski definition) is 2. The lowest BCUT2D eigenvalue weighted by atomic mass is 9.81. The standard InChI is InChI=1S/C16H28O2/c1-4-14-7-9-15(10-8-14)12-18-16(17-3)11-5-6-13(16)2/h6,14-15H,4-5,7-12H2,1-3H3. The van der Waals surface area contributed by atoms with E-state index >= 15 is 0 Å². The highest BCUT2D eigenvalue weighted by atomic mass is 16.7. The van der Waals surface area contributed by atoms with E-state index in [9.17, 15) is 0 Å². The smallest absolute Gasteiger partial charge is 0.190 e. The van der Waals surface area contributed by atoms with Crippen molar-refractivity contribution < 1.29 is 9.47 Å². The summed E-state index contributed by atoms with van der Waals surface area (Å²) in [5.74, 6) is 1.31. The second kappa shape index (κ2) is 6.21. The zero-order chi connectivity index (χ0) is 13.0. The van der Waals surface area contributed by atoms with Gasteiger partial charge in [-0.3, -0.25) is 0 Å². The summed E-state index contributed by atoms with van der Waals surface area (Å²) in [5.41, 5.74) is 1.26. The van der Waals surface area contributed by atoms with Gasteiger partial charge in [0.05, 0.1) is 6.61 Å². The molecule has 104 valence electrons. The van der Waals surface area contributed by atoms with E-state index in [0.717, 1.165) is 31.3 Å². The van der Waals surface area contributed by atoms with Gasteiger partial charge in [0.2, 0.25) is 0 Å². The average molecular weight is 252 g/mol. The molecular formula is C16H28O2. The maximum atomic E-state index is 6.17. The van der Waals surface area contributed by atoms with Gasteiger partial charge in [-0.15, -0.1) is 0 Å². The minimum atomic E-state index is -0.401. The van der Waals surface area contributed by atoms with Crippen LogP contribution in [0.5, 0.6) is 0 Å². The third-order valence-electron chi connectivity index (χ3n) is 4.95. The van der Waals surface area contributed by atoms with Gasteiger partial charge in [0.15, 0.2) is 5.79 Å². The lowest BCUT2D eigenvalue weighted by molar-refractivity contribution is -0.202. The molecule has 2 nitrogen and oxygen atoms in total. The van der Waals surface area contributed by atoms with Crippen LogP contribution in [-0.2, 0) is 9.47 Å². The lowest BCUT2D eigenvalue weighted by Crippen LogP contribution is -2.36. The van der Waals surface area contributed by atoms with Crippen LogP contribution in [0.15, 0.2) is 11.6 Å². The second-order valence-electron chi connectivity index (χ2n) is 5.99. The summed E-state index contributed by atoms with van der Waals surface area (Å²) in [5, 5.41) is 0. The van der Waals surface area contributed by atoms with Crippen LogP contribution in [0.2, 0.25) is 0 Å². The van der Waals surface area contributed by atoms with Gasteiger partial charge in [0.25, 0.3) is 0 Å². The Hall–Kier alpha value is -0.340. The van der Waals surface area contributed by atoms with Crippen molar-refractivity contribution in [3.63, 3.8) is 0 Å². The molecule has 2 rings (SSSR count). The number of allylic oxidation sites excluding steroid dienone is 1. The van der Waals surface area contributed by atoms with E-state index in [1.807, 2.05) is 0 Å². The normalized spacial score (nSPS) is 36.7. The third kappa shape index (κ3) is 2.97. The largest absolute Gasteiger partial charge is 0.349 e. The highest BCUT2D eigenvalue weighted by molar-refractivity contribution is 5.16. The fourth-order valence-electron chi connectivity index (χ4n) is 3.40. The Balaban J connectivity index is 1.79. The average Bonchev–Trinajstić information content (AvgIpc) is 2.79. The van der Waals surface area contributed by atoms with Gasteiger partial charge in [-0.1, -0.05) is 32.3 Å². The van der Waals surface area contributed by atoms with Crippen molar-refractivity contribution in [3.05, 3.63) is 11.6 Å². The van der Waals surface area contributed by atoms with Gasteiger partial charge in [0.1, 0.15) is 0 Å². The summed E-state index contributed by atoms with van der Waals surface area (Å²) >= 11 is 0. The summed E-state index contributed by atoms with van der Waals surface area (Å²) in [4.78, 5) is 0. The molecule has 0 aromatic carbocycles. The first-order valence-electron chi connectivity index (χ1n) is 7.56. The van der Waals surface area contributed by atoms with Crippen molar-refractivity contribution in [1.29, 1.82) is 0 Å². The molecule has 18 heavy (non-hydrogen) atoms. The molecule has 0 aromatic rings. The predicted molar refractivity (Wildman–Crippen MR) is 74.4 cm³/mol. The number of ether oxygens (including phenoxy) is 2. The van der Waals surface area contributed by atoms with E-state index in [2.05, 4.69) is 19.9 Å². The molecule has 0 heterocycles. The summed E-state index contributed by atoms with van der Waals surface area (Å²) in [6, 6.07) is 0. The van der Waals surface area contributed by atoms with Crippen LogP contribution in [0.4, 0.5) is 0 Å². The van der Waals surface area contributed by atoms with Crippen molar-refractivity contribution in [2.45, 2.75) is 64.6 Å². The fraction of sp³-hybridized carbons (Fsp3) is 0.875. The van der Waals surface area contributed by atoms with E-state index in [0.29, 0.717) is 0 Å². The Labute approximate surface area is 112 Å². The maximum Gasteiger partial charge on any atom is 0.190 e. The first kappa shape index (κ1) is 14.1. The Bertz CT molecular complexity index is 289. The molecule has 1 atom stereocenters. The van der Waals surface area contributed by atoms with Crippen LogP contribution in [-0.4, -0.2) is 19.5 Å². The van der Waals surface area contributed by atoms with Crippen LogP contribution < -0.4 is 0 Å². The van der Waals surface area contributed by atoms with Crippen molar-refractivity contribution in [1.82, 2.24) is 0 Å². The van der Waals surface area contributed by atoms with Crippen LogP contribution >= 0.6 is 0 Å². The van der Waals surface area contributed by atoms with Crippen LogP contribution in [0.3, 0.4) is 0 Å². The molecule has 2 heteroatoms. The van der Waals surface area contributed by atoms with Gasteiger partial charge >= 0.3 is 0 Å². The van der Waals surface area contributed by atoms with Crippen molar-refractivity contribution in [3.8, 4) is 0 Å². The monoisotopic (exact) mass is 252 g/mol. The maximum absolute atomic E-state index is 6.17. The Morgan fingerprint density at radius 2 is 1.89 bits per heavy atom. The zero-order valence-electron chi connectivity index (χ0n) is 12.2.